The molecular weight excluding hydrogens is 337 g/mol. The van der Waals surface area contributed by atoms with Crippen molar-refractivity contribution in [1.82, 2.24) is 5.32 Å². The van der Waals surface area contributed by atoms with Crippen LogP contribution in [-0.4, -0.2) is 30.5 Å². The van der Waals surface area contributed by atoms with Crippen LogP contribution < -0.4 is 21.1 Å². The molecule has 0 radical (unpaired) electrons. The molecule has 1 aromatic carbocycles. The SMILES string of the molecule is CC(C)Oc1ccc(F)cc1NC(=O)CNC(=O)[C@@H](N)C(C)C.Cl. The highest BCUT2D eigenvalue weighted by molar-refractivity contribution is 5.96. The number of carbonyl (C=O) groups is 2. The lowest BCUT2D eigenvalue weighted by Gasteiger charge is -2.17. The molecule has 0 saturated carbocycles. The number of ether oxygens (including phenoxy) is 1. The van der Waals surface area contributed by atoms with E-state index >= 15 is 0 Å². The number of rotatable bonds is 7. The van der Waals surface area contributed by atoms with Gasteiger partial charge < -0.3 is 21.1 Å². The van der Waals surface area contributed by atoms with Gasteiger partial charge in [-0.05, 0) is 31.9 Å². The Labute approximate surface area is 147 Å². The fourth-order valence-electron chi connectivity index (χ4n) is 1.74. The van der Waals surface area contributed by atoms with Crippen LogP contribution in [0.4, 0.5) is 10.1 Å². The topological polar surface area (TPSA) is 93.5 Å². The second kappa shape index (κ2) is 10.1. The smallest absolute Gasteiger partial charge is 0.243 e. The minimum atomic E-state index is -0.684. The van der Waals surface area contributed by atoms with Crippen LogP contribution in [0.3, 0.4) is 0 Å². The Morgan fingerprint density at radius 3 is 2.42 bits per heavy atom. The fourth-order valence-corrected chi connectivity index (χ4v) is 1.74. The molecule has 0 aliphatic rings. The van der Waals surface area contributed by atoms with Crippen LogP contribution >= 0.6 is 12.4 Å². The van der Waals surface area contributed by atoms with Gasteiger partial charge in [0, 0.05) is 6.07 Å². The van der Waals surface area contributed by atoms with Gasteiger partial charge in [-0.25, -0.2) is 4.39 Å². The number of benzene rings is 1. The molecule has 0 fully saturated rings. The Morgan fingerprint density at radius 1 is 1.25 bits per heavy atom. The second-order valence-corrected chi connectivity index (χ2v) is 5.84. The number of nitrogens with one attached hydrogen (secondary N) is 2. The van der Waals surface area contributed by atoms with E-state index in [4.69, 9.17) is 10.5 Å². The standard InChI is InChI=1S/C16H24FN3O3.ClH/c1-9(2)15(18)16(22)19-8-14(21)20-12-7-11(17)5-6-13(12)23-10(3)4;/h5-7,9-10,15H,8,18H2,1-4H3,(H,19,22)(H,20,21);1H/t15-;/m0./s1. The van der Waals surface area contributed by atoms with Crippen molar-refractivity contribution in [2.75, 3.05) is 11.9 Å². The van der Waals surface area contributed by atoms with Gasteiger partial charge in [-0.1, -0.05) is 13.8 Å². The van der Waals surface area contributed by atoms with Gasteiger partial charge in [-0.15, -0.1) is 12.4 Å². The van der Waals surface area contributed by atoms with Crippen LogP contribution in [0.2, 0.25) is 0 Å². The minimum absolute atomic E-state index is 0. The Balaban J connectivity index is 0.00000529. The van der Waals surface area contributed by atoms with Crippen LogP contribution in [-0.2, 0) is 9.59 Å². The van der Waals surface area contributed by atoms with Gasteiger partial charge in [0.15, 0.2) is 0 Å². The van der Waals surface area contributed by atoms with E-state index in [0.717, 1.165) is 6.07 Å². The van der Waals surface area contributed by atoms with E-state index in [0.29, 0.717) is 5.75 Å². The summed E-state index contributed by atoms with van der Waals surface area (Å²) in [5, 5.41) is 4.97. The molecule has 0 bridgehead atoms. The van der Waals surface area contributed by atoms with Crippen molar-refractivity contribution >= 4 is 29.9 Å². The van der Waals surface area contributed by atoms with Crippen LogP contribution in [0, 0.1) is 11.7 Å². The highest BCUT2D eigenvalue weighted by Gasteiger charge is 2.18. The van der Waals surface area contributed by atoms with E-state index in [2.05, 4.69) is 10.6 Å². The normalized spacial score (nSPS) is 11.7. The molecule has 0 heterocycles. The summed E-state index contributed by atoms with van der Waals surface area (Å²) in [6.45, 7) is 7.01. The maximum absolute atomic E-state index is 13.4. The van der Waals surface area contributed by atoms with Crippen molar-refractivity contribution < 1.29 is 18.7 Å². The van der Waals surface area contributed by atoms with Crippen molar-refractivity contribution in [2.24, 2.45) is 11.7 Å². The van der Waals surface area contributed by atoms with Gasteiger partial charge in [0.2, 0.25) is 11.8 Å². The predicted octanol–water partition coefficient (Wildman–Crippen LogP) is 2.07. The molecule has 6 nitrogen and oxygen atoms in total. The summed E-state index contributed by atoms with van der Waals surface area (Å²) in [4.78, 5) is 23.6. The molecule has 0 aliphatic heterocycles. The van der Waals surface area contributed by atoms with Gasteiger partial charge in [0.1, 0.15) is 11.6 Å². The maximum atomic E-state index is 13.4. The largest absolute Gasteiger partial charge is 0.489 e. The first kappa shape index (κ1) is 22.1. The van der Waals surface area contributed by atoms with Crippen molar-refractivity contribution in [3.8, 4) is 5.75 Å². The van der Waals surface area contributed by atoms with E-state index < -0.39 is 23.7 Å². The Morgan fingerprint density at radius 2 is 1.88 bits per heavy atom. The van der Waals surface area contributed by atoms with Crippen LogP contribution in [0.15, 0.2) is 18.2 Å². The van der Waals surface area contributed by atoms with E-state index in [1.807, 2.05) is 27.7 Å². The van der Waals surface area contributed by atoms with Crippen molar-refractivity contribution in [2.45, 2.75) is 39.8 Å². The first-order valence-corrected chi connectivity index (χ1v) is 7.50. The first-order chi connectivity index (χ1) is 10.7. The third-order valence-corrected chi connectivity index (χ3v) is 3.02. The van der Waals surface area contributed by atoms with Crippen LogP contribution in [0.1, 0.15) is 27.7 Å². The highest BCUT2D eigenvalue weighted by Crippen LogP contribution is 2.26. The molecule has 1 rings (SSSR count). The minimum Gasteiger partial charge on any atom is -0.489 e. The fraction of sp³-hybridized carbons (Fsp3) is 0.500. The molecule has 136 valence electrons. The van der Waals surface area contributed by atoms with Crippen LogP contribution in [0.5, 0.6) is 5.75 Å². The summed E-state index contributed by atoms with van der Waals surface area (Å²) in [5.41, 5.74) is 5.90. The van der Waals surface area contributed by atoms with E-state index in [1.54, 1.807) is 0 Å². The summed E-state index contributed by atoms with van der Waals surface area (Å²) in [6.07, 6.45) is -0.125. The van der Waals surface area contributed by atoms with Gasteiger partial charge in [-0.3, -0.25) is 9.59 Å². The Kier molecular flexibility index (Phi) is 9.32. The highest BCUT2D eigenvalue weighted by atomic mass is 35.5. The lowest BCUT2D eigenvalue weighted by Crippen LogP contribution is -2.46. The quantitative estimate of drug-likeness (QED) is 0.693. The molecule has 0 aromatic heterocycles. The molecule has 0 unspecified atom stereocenters. The zero-order valence-electron chi connectivity index (χ0n) is 14.3. The van der Waals surface area contributed by atoms with E-state index in [1.165, 1.54) is 12.1 Å². The lowest BCUT2D eigenvalue weighted by atomic mass is 10.1. The molecule has 0 saturated heterocycles. The summed E-state index contributed by atoms with van der Waals surface area (Å²) >= 11 is 0. The third-order valence-electron chi connectivity index (χ3n) is 3.02. The van der Waals surface area contributed by atoms with Crippen molar-refractivity contribution in [1.29, 1.82) is 0 Å². The van der Waals surface area contributed by atoms with Gasteiger partial charge in [0.25, 0.3) is 0 Å². The van der Waals surface area contributed by atoms with Crippen molar-refractivity contribution in [3.05, 3.63) is 24.0 Å². The van der Waals surface area contributed by atoms with Gasteiger partial charge >= 0.3 is 0 Å². The molecular formula is C16H25ClFN3O3. The molecule has 1 atom stereocenters. The summed E-state index contributed by atoms with van der Waals surface area (Å²) in [5.74, 6) is -1.07. The lowest BCUT2D eigenvalue weighted by molar-refractivity contribution is -0.125. The van der Waals surface area contributed by atoms with E-state index in [-0.39, 0.29) is 36.7 Å². The van der Waals surface area contributed by atoms with E-state index in [9.17, 15) is 14.0 Å². The van der Waals surface area contributed by atoms with Crippen molar-refractivity contribution in [3.63, 3.8) is 0 Å². The zero-order valence-corrected chi connectivity index (χ0v) is 15.1. The number of anilines is 1. The van der Waals surface area contributed by atoms with Crippen LogP contribution in [0.25, 0.3) is 0 Å². The molecule has 1 aromatic rings. The molecule has 24 heavy (non-hydrogen) atoms. The average molecular weight is 362 g/mol. The molecule has 4 N–H and O–H groups in total. The molecule has 0 aliphatic carbocycles. The van der Waals surface area contributed by atoms with Gasteiger partial charge in [-0.2, -0.15) is 0 Å². The molecule has 8 heteroatoms. The number of amides is 2. The molecule has 2 amide bonds. The monoisotopic (exact) mass is 361 g/mol. The molecule has 0 spiro atoms. The Bertz CT molecular complexity index is 567. The summed E-state index contributed by atoms with van der Waals surface area (Å²) in [6, 6.07) is 3.17. The summed E-state index contributed by atoms with van der Waals surface area (Å²) in [7, 11) is 0. The number of hydrogen-bond acceptors (Lipinski definition) is 4. The number of nitrogens with two attached hydrogens (primary N) is 1. The number of hydrogen-bond donors (Lipinski definition) is 3. The second-order valence-electron chi connectivity index (χ2n) is 5.84. The third kappa shape index (κ3) is 7.14. The van der Waals surface area contributed by atoms with Gasteiger partial charge in [0.05, 0.1) is 24.4 Å². The average Bonchev–Trinajstić information content (AvgIpc) is 2.46. The Hall–Kier alpha value is -1.86. The predicted molar refractivity (Wildman–Crippen MR) is 93.9 cm³/mol. The zero-order chi connectivity index (χ0) is 17.6. The first-order valence-electron chi connectivity index (χ1n) is 7.50. The number of halogens is 2. The number of carbonyl (C=O) groups excluding carboxylic acids is 2. The summed E-state index contributed by atoms with van der Waals surface area (Å²) < 4.78 is 18.9. The maximum Gasteiger partial charge on any atom is 0.243 e.